The molecule has 78 valence electrons. The predicted molar refractivity (Wildman–Crippen MR) is 57.9 cm³/mol. The minimum atomic E-state index is 0.170. The summed E-state index contributed by atoms with van der Waals surface area (Å²) in [5.74, 6) is 0. The lowest BCUT2D eigenvalue weighted by Gasteiger charge is -2.30. The van der Waals surface area contributed by atoms with Gasteiger partial charge in [-0.3, -0.25) is 0 Å². The summed E-state index contributed by atoms with van der Waals surface area (Å²) in [6.07, 6.45) is 2.64. The number of aliphatic hydroxyl groups excluding tert-OH is 1. The number of aliphatic hydroxyl groups is 1. The van der Waals surface area contributed by atoms with Gasteiger partial charge in [-0.25, -0.2) is 0 Å². The summed E-state index contributed by atoms with van der Waals surface area (Å²) in [6, 6.07) is 0.324. The van der Waals surface area contributed by atoms with Crippen molar-refractivity contribution in [3.05, 3.63) is 11.6 Å². The average molecular weight is 206 g/mol. The molecule has 13 heavy (non-hydrogen) atoms. The summed E-state index contributed by atoms with van der Waals surface area (Å²) in [6.45, 7) is 7.45. The normalized spacial score (nSPS) is 15.2. The molecule has 0 saturated heterocycles. The Balaban J connectivity index is 3.95. The summed E-state index contributed by atoms with van der Waals surface area (Å²) in [7, 11) is 0. The van der Waals surface area contributed by atoms with Crippen molar-refractivity contribution in [1.82, 2.24) is 5.32 Å². The highest BCUT2D eigenvalue weighted by atomic mass is 35.5. The van der Waals surface area contributed by atoms with Crippen molar-refractivity contribution < 1.29 is 5.11 Å². The van der Waals surface area contributed by atoms with E-state index in [9.17, 15) is 0 Å². The first-order valence-corrected chi connectivity index (χ1v) is 5.05. The van der Waals surface area contributed by atoms with Crippen molar-refractivity contribution in [1.29, 1.82) is 0 Å². The number of rotatable bonds is 5. The third-order valence-electron chi connectivity index (χ3n) is 2.03. The first kappa shape index (κ1) is 12.9. The Morgan fingerprint density at radius 1 is 1.46 bits per heavy atom. The Hall–Kier alpha value is -0.0500. The number of hydrogen-bond acceptors (Lipinski definition) is 2. The zero-order valence-corrected chi connectivity index (χ0v) is 9.43. The molecule has 0 amide bonds. The maximum atomic E-state index is 8.87. The molecule has 0 rings (SSSR count). The van der Waals surface area contributed by atoms with E-state index in [1.54, 1.807) is 0 Å². The average Bonchev–Trinajstić information content (AvgIpc) is 2.01. The molecule has 0 heterocycles. The Kier molecular flexibility index (Phi) is 6.39. The van der Waals surface area contributed by atoms with Crippen LogP contribution in [0.3, 0.4) is 0 Å². The Morgan fingerprint density at radius 3 is 2.46 bits per heavy atom. The van der Waals surface area contributed by atoms with Crippen LogP contribution in [0.1, 0.15) is 27.2 Å². The maximum absolute atomic E-state index is 8.87. The maximum Gasteiger partial charge on any atom is 0.0446 e. The molecule has 0 aromatic heterocycles. The fraction of sp³-hybridized carbons (Fsp3) is 0.800. The molecule has 0 aliphatic rings. The first-order valence-electron chi connectivity index (χ1n) is 4.62. The summed E-state index contributed by atoms with van der Waals surface area (Å²) >= 11 is 5.41. The van der Waals surface area contributed by atoms with E-state index in [-0.39, 0.29) is 12.0 Å². The van der Waals surface area contributed by atoms with Crippen molar-refractivity contribution in [3.63, 3.8) is 0 Å². The molecule has 0 aliphatic carbocycles. The highest BCUT2D eigenvalue weighted by Gasteiger charge is 2.22. The summed E-state index contributed by atoms with van der Waals surface area (Å²) < 4.78 is 0. The molecule has 0 aromatic rings. The van der Waals surface area contributed by atoms with Crippen molar-refractivity contribution in [2.24, 2.45) is 5.41 Å². The van der Waals surface area contributed by atoms with Crippen LogP contribution in [-0.2, 0) is 0 Å². The zero-order chi connectivity index (χ0) is 10.3. The van der Waals surface area contributed by atoms with Crippen LogP contribution >= 0.6 is 11.6 Å². The molecule has 0 radical (unpaired) electrons. The van der Waals surface area contributed by atoms with Crippen molar-refractivity contribution >= 4 is 11.6 Å². The molecule has 0 aliphatic heterocycles. The summed E-state index contributed by atoms with van der Waals surface area (Å²) in [5.41, 5.74) is 1.68. The highest BCUT2D eigenvalue weighted by Crippen LogP contribution is 2.21. The van der Waals surface area contributed by atoms with Crippen LogP contribution in [0, 0.1) is 5.41 Å². The van der Waals surface area contributed by atoms with Gasteiger partial charge < -0.3 is 10.4 Å². The van der Waals surface area contributed by atoms with Gasteiger partial charge in [0.15, 0.2) is 0 Å². The van der Waals surface area contributed by atoms with E-state index >= 15 is 0 Å². The third kappa shape index (κ3) is 6.08. The monoisotopic (exact) mass is 205 g/mol. The van der Waals surface area contributed by atoms with Gasteiger partial charge >= 0.3 is 0 Å². The molecule has 0 fully saturated rings. The number of nitrogens with one attached hydrogen (secondary N) is 1. The Bertz CT molecular complexity index is 151. The molecule has 1 unspecified atom stereocenters. The van der Waals surface area contributed by atoms with Crippen LogP contribution in [0.4, 0.5) is 0 Å². The molecule has 2 nitrogen and oxygen atoms in total. The summed E-state index contributed by atoms with van der Waals surface area (Å²) in [4.78, 5) is 0. The van der Waals surface area contributed by atoms with Crippen LogP contribution in [0.25, 0.3) is 0 Å². The lowest BCUT2D eigenvalue weighted by molar-refractivity contribution is 0.201. The van der Waals surface area contributed by atoms with Gasteiger partial charge in [-0.05, 0) is 11.8 Å². The molecule has 2 N–H and O–H groups in total. The molecule has 0 spiro atoms. The van der Waals surface area contributed by atoms with Crippen LogP contribution < -0.4 is 5.32 Å². The SMILES string of the molecule is CC(C)(C)C(CCO)NC/C=C/Cl. The standard InChI is InChI=1S/C10H20ClNO/c1-10(2,3)9(5-8-13)12-7-4-6-11/h4,6,9,12-13H,5,7-8H2,1-3H3/b6-4+. The zero-order valence-electron chi connectivity index (χ0n) is 8.68. The van der Waals surface area contributed by atoms with E-state index in [2.05, 4.69) is 26.1 Å². The molecule has 0 bridgehead atoms. The van der Waals surface area contributed by atoms with Gasteiger partial charge in [0.25, 0.3) is 0 Å². The van der Waals surface area contributed by atoms with Gasteiger partial charge in [-0.15, -0.1) is 0 Å². The number of halogens is 1. The second kappa shape index (κ2) is 6.41. The smallest absolute Gasteiger partial charge is 0.0446 e. The molecular formula is C10H20ClNO. The lowest BCUT2D eigenvalue weighted by atomic mass is 9.85. The van der Waals surface area contributed by atoms with Crippen LogP contribution in [-0.4, -0.2) is 24.3 Å². The van der Waals surface area contributed by atoms with Crippen molar-refractivity contribution in [2.75, 3.05) is 13.2 Å². The van der Waals surface area contributed by atoms with E-state index in [1.165, 1.54) is 5.54 Å². The molecule has 3 heteroatoms. The quantitative estimate of drug-likeness (QED) is 0.721. The minimum Gasteiger partial charge on any atom is -0.396 e. The fourth-order valence-corrected chi connectivity index (χ4v) is 1.31. The summed E-state index contributed by atoms with van der Waals surface area (Å²) in [5, 5.41) is 12.2. The topological polar surface area (TPSA) is 32.3 Å². The van der Waals surface area contributed by atoms with E-state index in [1.807, 2.05) is 6.08 Å². The van der Waals surface area contributed by atoms with Crippen LogP contribution in [0.5, 0.6) is 0 Å². The van der Waals surface area contributed by atoms with E-state index in [4.69, 9.17) is 16.7 Å². The van der Waals surface area contributed by atoms with E-state index in [0.717, 1.165) is 13.0 Å². The predicted octanol–water partition coefficient (Wildman–Crippen LogP) is 2.13. The highest BCUT2D eigenvalue weighted by molar-refractivity contribution is 6.25. The van der Waals surface area contributed by atoms with E-state index in [0.29, 0.717) is 6.04 Å². The molecule has 0 aromatic carbocycles. The van der Waals surface area contributed by atoms with E-state index < -0.39 is 0 Å². The molecule has 0 saturated carbocycles. The van der Waals surface area contributed by atoms with Gasteiger partial charge in [-0.2, -0.15) is 0 Å². The third-order valence-corrected chi connectivity index (χ3v) is 2.21. The van der Waals surface area contributed by atoms with Gasteiger partial charge in [0.05, 0.1) is 0 Å². The largest absolute Gasteiger partial charge is 0.396 e. The Morgan fingerprint density at radius 2 is 2.08 bits per heavy atom. The second-order valence-electron chi connectivity index (χ2n) is 4.20. The Labute approximate surface area is 86.0 Å². The van der Waals surface area contributed by atoms with Crippen LogP contribution in [0.2, 0.25) is 0 Å². The first-order chi connectivity index (χ1) is 6.02. The number of hydrogen-bond donors (Lipinski definition) is 2. The molecular weight excluding hydrogens is 186 g/mol. The minimum absolute atomic E-state index is 0.170. The van der Waals surface area contributed by atoms with Gasteiger partial charge in [-0.1, -0.05) is 38.4 Å². The fourth-order valence-electron chi connectivity index (χ4n) is 1.23. The van der Waals surface area contributed by atoms with Gasteiger partial charge in [0.2, 0.25) is 0 Å². The second-order valence-corrected chi connectivity index (χ2v) is 4.45. The van der Waals surface area contributed by atoms with Gasteiger partial charge in [0, 0.05) is 24.7 Å². The van der Waals surface area contributed by atoms with Crippen molar-refractivity contribution in [3.8, 4) is 0 Å². The molecule has 1 atom stereocenters. The van der Waals surface area contributed by atoms with Crippen molar-refractivity contribution in [2.45, 2.75) is 33.2 Å². The van der Waals surface area contributed by atoms with Gasteiger partial charge in [0.1, 0.15) is 0 Å². The van der Waals surface area contributed by atoms with Crippen LogP contribution in [0.15, 0.2) is 11.6 Å². The lowest BCUT2D eigenvalue weighted by Crippen LogP contribution is -2.41.